The highest BCUT2D eigenvalue weighted by molar-refractivity contribution is 5.29. The molecule has 2 rings (SSSR count). The second-order valence-corrected chi connectivity index (χ2v) is 5.24. The van der Waals surface area contributed by atoms with E-state index >= 15 is 0 Å². The molecule has 2 nitrogen and oxygen atoms in total. The molecule has 2 N–H and O–H groups in total. The van der Waals surface area contributed by atoms with Crippen molar-refractivity contribution in [1.82, 2.24) is 5.32 Å². The van der Waals surface area contributed by atoms with Crippen molar-refractivity contribution in [3.63, 3.8) is 0 Å². The van der Waals surface area contributed by atoms with Gasteiger partial charge in [0.2, 0.25) is 0 Å². The van der Waals surface area contributed by atoms with Crippen molar-refractivity contribution < 1.29 is 9.50 Å². The van der Waals surface area contributed by atoms with Gasteiger partial charge in [-0.15, -0.1) is 0 Å². The van der Waals surface area contributed by atoms with Crippen LogP contribution in [0.3, 0.4) is 0 Å². The quantitative estimate of drug-likeness (QED) is 0.862. The van der Waals surface area contributed by atoms with Crippen molar-refractivity contribution in [2.45, 2.75) is 51.1 Å². The maximum absolute atomic E-state index is 13.3. The van der Waals surface area contributed by atoms with E-state index in [-0.39, 0.29) is 18.5 Å². The molecule has 1 aromatic carbocycles. The van der Waals surface area contributed by atoms with Gasteiger partial charge in [0.25, 0.3) is 0 Å². The van der Waals surface area contributed by atoms with Gasteiger partial charge in [-0.2, -0.15) is 0 Å². The Hall–Kier alpha value is -0.930. The van der Waals surface area contributed by atoms with Crippen LogP contribution >= 0.6 is 0 Å². The van der Waals surface area contributed by atoms with Gasteiger partial charge in [-0.25, -0.2) is 4.39 Å². The van der Waals surface area contributed by atoms with Gasteiger partial charge in [0.1, 0.15) is 5.82 Å². The van der Waals surface area contributed by atoms with Gasteiger partial charge in [0.05, 0.1) is 12.6 Å². The summed E-state index contributed by atoms with van der Waals surface area (Å²) in [4.78, 5) is 0. The van der Waals surface area contributed by atoms with E-state index in [9.17, 15) is 9.50 Å². The molecule has 0 aromatic heterocycles. The molecular weight excluding hydrogens is 229 g/mol. The van der Waals surface area contributed by atoms with Crippen molar-refractivity contribution in [2.75, 3.05) is 6.61 Å². The van der Waals surface area contributed by atoms with Crippen LogP contribution in [0.2, 0.25) is 0 Å². The lowest BCUT2D eigenvalue weighted by molar-refractivity contribution is 0.219. The topological polar surface area (TPSA) is 32.3 Å². The molecule has 0 bridgehead atoms. The fraction of sp³-hybridized carbons (Fsp3) is 0.600. The number of hydrogen-bond donors (Lipinski definition) is 2. The van der Waals surface area contributed by atoms with Crippen LogP contribution in [0.5, 0.6) is 0 Å². The average Bonchev–Trinajstić information content (AvgIpc) is 2.40. The van der Waals surface area contributed by atoms with E-state index in [0.29, 0.717) is 6.04 Å². The molecule has 0 spiro atoms. The summed E-state index contributed by atoms with van der Waals surface area (Å²) >= 11 is 0. The zero-order valence-electron chi connectivity index (χ0n) is 11.0. The monoisotopic (exact) mass is 251 g/mol. The predicted octanol–water partition coefficient (Wildman–Crippen LogP) is 3.09. The number of rotatable bonds is 4. The van der Waals surface area contributed by atoms with Gasteiger partial charge in [0, 0.05) is 6.04 Å². The Morgan fingerprint density at radius 3 is 2.72 bits per heavy atom. The van der Waals surface area contributed by atoms with E-state index in [4.69, 9.17) is 0 Å². The summed E-state index contributed by atoms with van der Waals surface area (Å²) in [6.07, 6.45) is 6.12. The molecule has 1 unspecified atom stereocenters. The van der Waals surface area contributed by atoms with Crippen molar-refractivity contribution in [2.24, 2.45) is 0 Å². The highest BCUT2D eigenvalue weighted by Crippen LogP contribution is 2.23. The number of benzene rings is 1. The Morgan fingerprint density at radius 1 is 1.33 bits per heavy atom. The molecule has 0 radical (unpaired) electrons. The second kappa shape index (κ2) is 6.30. The predicted molar refractivity (Wildman–Crippen MR) is 71.0 cm³/mol. The summed E-state index contributed by atoms with van der Waals surface area (Å²) in [5, 5.41) is 13.0. The fourth-order valence-corrected chi connectivity index (χ4v) is 2.78. The normalized spacial score (nSPS) is 18.8. The summed E-state index contributed by atoms with van der Waals surface area (Å²) in [6.45, 7) is 1.97. The Bertz CT molecular complexity index is 388. The summed E-state index contributed by atoms with van der Waals surface area (Å²) in [5.74, 6) is -0.237. The van der Waals surface area contributed by atoms with Crippen LogP contribution in [0.25, 0.3) is 0 Å². The number of nitrogens with one attached hydrogen (secondary N) is 1. The van der Waals surface area contributed by atoms with Crippen LogP contribution in [0.4, 0.5) is 4.39 Å². The number of halogens is 1. The lowest BCUT2D eigenvalue weighted by atomic mass is 9.93. The fourth-order valence-electron chi connectivity index (χ4n) is 2.78. The number of aliphatic hydroxyl groups is 1. The first-order valence-corrected chi connectivity index (χ1v) is 6.83. The van der Waals surface area contributed by atoms with Gasteiger partial charge >= 0.3 is 0 Å². The summed E-state index contributed by atoms with van der Waals surface area (Å²) in [5.41, 5.74) is 1.90. The molecule has 0 amide bonds. The molecule has 1 aromatic rings. The third-order valence-electron chi connectivity index (χ3n) is 3.84. The minimum Gasteiger partial charge on any atom is -0.394 e. The van der Waals surface area contributed by atoms with E-state index in [1.165, 1.54) is 31.4 Å². The first-order valence-electron chi connectivity index (χ1n) is 6.83. The Balaban J connectivity index is 2.09. The summed E-state index contributed by atoms with van der Waals surface area (Å²) in [6, 6.07) is 5.08. The number of hydrogen-bond acceptors (Lipinski definition) is 2. The summed E-state index contributed by atoms with van der Waals surface area (Å²) < 4.78 is 13.3. The molecule has 1 aliphatic rings. The Kier molecular flexibility index (Phi) is 4.72. The van der Waals surface area contributed by atoms with Crippen LogP contribution < -0.4 is 5.32 Å². The molecule has 1 aliphatic carbocycles. The van der Waals surface area contributed by atoms with E-state index in [1.54, 1.807) is 6.07 Å². The van der Waals surface area contributed by atoms with Crippen molar-refractivity contribution >= 4 is 0 Å². The lowest BCUT2D eigenvalue weighted by Crippen LogP contribution is -2.36. The van der Waals surface area contributed by atoms with E-state index in [1.807, 2.05) is 6.92 Å². The van der Waals surface area contributed by atoms with E-state index in [2.05, 4.69) is 5.32 Å². The minimum absolute atomic E-state index is 0.0147. The third kappa shape index (κ3) is 3.30. The van der Waals surface area contributed by atoms with Gasteiger partial charge < -0.3 is 10.4 Å². The van der Waals surface area contributed by atoms with Crippen LogP contribution in [0, 0.1) is 12.7 Å². The van der Waals surface area contributed by atoms with Crippen molar-refractivity contribution in [1.29, 1.82) is 0 Å². The molecule has 1 fully saturated rings. The SMILES string of the molecule is Cc1ccc(F)cc1C(CO)NC1CCCCC1. The highest BCUT2D eigenvalue weighted by Gasteiger charge is 2.20. The van der Waals surface area contributed by atoms with Crippen LogP contribution in [0.15, 0.2) is 18.2 Å². The van der Waals surface area contributed by atoms with Crippen LogP contribution in [0.1, 0.15) is 49.3 Å². The molecule has 100 valence electrons. The average molecular weight is 251 g/mol. The first kappa shape index (κ1) is 13.5. The first-order chi connectivity index (χ1) is 8.70. The maximum Gasteiger partial charge on any atom is 0.123 e. The largest absolute Gasteiger partial charge is 0.394 e. The van der Waals surface area contributed by atoms with Crippen LogP contribution in [-0.2, 0) is 0 Å². The molecule has 0 aliphatic heterocycles. The minimum atomic E-state index is -0.237. The van der Waals surface area contributed by atoms with Crippen LogP contribution in [-0.4, -0.2) is 17.8 Å². The van der Waals surface area contributed by atoms with Crippen molar-refractivity contribution in [3.8, 4) is 0 Å². The smallest absolute Gasteiger partial charge is 0.123 e. The molecule has 18 heavy (non-hydrogen) atoms. The van der Waals surface area contributed by atoms with Gasteiger partial charge in [-0.05, 0) is 43.0 Å². The maximum atomic E-state index is 13.3. The zero-order valence-corrected chi connectivity index (χ0v) is 11.0. The summed E-state index contributed by atoms with van der Waals surface area (Å²) in [7, 11) is 0. The third-order valence-corrected chi connectivity index (χ3v) is 3.84. The molecule has 3 heteroatoms. The molecule has 0 saturated heterocycles. The molecular formula is C15H22FNO. The molecule has 0 heterocycles. The molecule has 1 saturated carbocycles. The molecule has 1 atom stereocenters. The number of aryl methyl sites for hydroxylation is 1. The number of aliphatic hydroxyl groups excluding tert-OH is 1. The van der Waals surface area contributed by atoms with Gasteiger partial charge in [0.15, 0.2) is 0 Å². The van der Waals surface area contributed by atoms with Gasteiger partial charge in [-0.1, -0.05) is 25.3 Å². The van der Waals surface area contributed by atoms with Gasteiger partial charge in [-0.3, -0.25) is 0 Å². The van der Waals surface area contributed by atoms with E-state index < -0.39 is 0 Å². The lowest BCUT2D eigenvalue weighted by Gasteiger charge is -2.28. The van der Waals surface area contributed by atoms with E-state index in [0.717, 1.165) is 24.0 Å². The zero-order chi connectivity index (χ0) is 13.0. The Morgan fingerprint density at radius 2 is 2.06 bits per heavy atom. The second-order valence-electron chi connectivity index (χ2n) is 5.24. The Labute approximate surface area is 108 Å². The highest BCUT2D eigenvalue weighted by atomic mass is 19.1. The standard InChI is InChI=1S/C15H22FNO/c1-11-7-8-12(16)9-14(11)15(10-18)17-13-5-3-2-4-6-13/h7-9,13,15,17-18H,2-6,10H2,1H3. The van der Waals surface area contributed by atoms with Crippen molar-refractivity contribution in [3.05, 3.63) is 35.1 Å².